The van der Waals surface area contributed by atoms with E-state index in [-0.39, 0.29) is 11.4 Å². The second-order valence-corrected chi connectivity index (χ2v) is 7.22. The van der Waals surface area contributed by atoms with Gasteiger partial charge in [0.05, 0.1) is 18.8 Å². The second kappa shape index (κ2) is 7.97. The zero-order chi connectivity index (χ0) is 18.7. The predicted octanol–water partition coefficient (Wildman–Crippen LogP) is 3.42. The van der Waals surface area contributed by atoms with Gasteiger partial charge in [-0.05, 0) is 38.1 Å². The molecule has 0 spiro atoms. The van der Waals surface area contributed by atoms with Gasteiger partial charge in [0, 0.05) is 42.4 Å². The van der Waals surface area contributed by atoms with Gasteiger partial charge >= 0.3 is 0 Å². The van der Waals surface area contributed by atoms with Gasteiger partial charge in [0.2, 0.25) is 0 Å². The molecular formula is C19H22FN3O2S. The molecule has 0 aliphatic rings. The molecule has 0 saturated carbocycles. The maximum Gasteiger partial charge on any atom is 0.259 e. The molecule has 0 radical (unpaired) electrons. The van der Waals surface area contributed by atoms with Gasteiger partial charge in [-0.3, -0.25) is 9.20 Å². The maximum absolute atomic E-state index is 13.2. The van der Waals surface area contributed by atoms with E-state index in [4.69, 9.17) is 4.74 Å². The third kappa shape index (κ3) is 3.78. The zero-order valence-corrected chi connectivity index (χ0v) is 16.0. The number of thiazole rings is 1. The number of anilines is 1. The van der Waals surface area contributed by atoms with Gasteiger partial charge in [-0.1, -0.05) is 0 Å². The lowest BCUT2D eigenvalue weighted by molar-refractivity contribution is 0.201. The summed E-state index contributed by atoms with van der Waals surface area (Å²) in [7, 11) is 1.65. The highest BCUT2D eigenvalue weighted by atomic mass is 32.1. The molecule has 2 heterocycles. The van der Waals surface area contributed by atoms with Crippen molar-refractivity contribution in [3.05, 3.63) is 62.8 Å². The Hall–Kier alpha value is -2.25. The van der Waals surface area contributed by atoms with Crippen molar-refractivity contribution in [1.29, 1.82) is 0 Å². The van der Waals surface area contributed by atoms with E-state index in [0.717, 1.165) is 22.8 Å². The molecule has 5 nitrogen and oxygen atoms in total. The van der Waals surface area contributed by atoms with Crippen LogP contribution in [0.1, 0.15) is 23.2 Å². The largest absolute Gasteiger partial charge is 0.384 e. The van der Waals surface area contributed by atoms with Crippen molar-refractivity contribution in [2.75, 3.05) is 25.2 Å². The first-order valence-corrected chi connectivity index (χ1v) is 9.35. The summed E-state index contributed by atoms with van der Waals surface area (Å²) in [5, 5.41) is 0. The van der Waals surface area contributed by atoms with Gasteiger partial charge in [-0.15, -0.1) is 11.3 Å². The first-order valence-electron chi connectivity index (χ1n) is 8.54. The van der Waals surface area contributed by atoms with Crippen molar-refractivity contribution in [3.8, 4) is 0 Å². The monoisotopic (exact) mass is 375 g/mol. The first kappa shape index (κ1) is 18.5. The van der Waals surface area contributed by atoms with E-state index in [9.17, 15) is 9.18 Å². The Kier molecular flexibility index (Phi) is 5.68. The van der Waals surface area contributed by atoms with Gasteiger partial charge in [-0.2, -0.15) is 0 Å². The maximum atomic E-state index is 13.2. The summed E-state index contributed by atoms with van der Waals surface area (Å²) in [5.74, 6) is -0.264. The lowest BCUT2D eigenvalue weighted by Crippen LogP contribution is -2.25. The number of benzene rings is 1. The van der Waals surface area contributed by atoms with E-state index in [1.165, 1.54) is 23.5 Å². The number of methoxy groups -OCH3 is 1. The summed E-state index contributed by atoms with van der Waals surface area (Å²) in [6.07, 6.45) is 0.680. The topological polar surface area (TPSA) is 46.8 Å². The molecule has 0 atom stereocenters. The molecule has 0 unspecified atom stereocenters. The van der Waals surface area contributed by atoms with Crippen molar-refractivity contribution in [3.63, 3.8) is 0 Å². The van der Waals surface area contributed by atoms with Crippen LogP contribution in [0.5, 0.6) is 0 Å². The summed E-state index contributed by atoms with van der Waals surface area (Å²) >= 11 is 1.52. The molecular weight excluding hydrogens is 353 g/mol. The lowest BCUT2D eigenvalue weighted by Gasteiger charge is -2.22. The van der Waals surface area contributed by atoms with E-state index in [2.05, 4.69) is 9.88 Å². The fourth-order valence-electron chi connectivity index (χ4n) is 2.98. The van der Waals surface area contributed by atoms with E-state index < -0.39 is 0 Å². The minimum atomic E-state index is -0.264. The van der Waals surface area contributed by atoms with Crippen LogP contribution in [-0.2, 0) is 17.7 Å². The molecule has 0 N–H and O–H groups in total. The van der Waals surface area contributed by atoms with Crippen molar-refractivity contribution in [2.24, 2.45) is 0 Å². The third-order valence-corrected chi connectivity index (χ3v) is 5.33. The number of fused-ring (bicyclic) bond motifs is 1. The number of ether oxygens (including phenoxy) is 1. The van der Waals surface area contributed by atoms with Crippen LogP contribution < -0.4 is 10.5 Å². The second-order valence-electron chi connectivity index (χ2n) is 6.04. The van der Waals surface area contributed by atoms with Gasteiger partial charge in [0.15, 0.2) is 4.96 Å². The Morgan fingerprint density at radius 2 is 2.04 bits per heavy atom. The predicted molar refractivity (Wildman–Crippen MR) is 103 cm³/mol. The normalized spacial score (nSPS) is 11.2. The highest BCUT2D eigenvalue weighted by molar-refractivity contribution is 7.17. The molecule has 2 aromatic heterocycles. The van der Waals surface area contributed by atoms with Crippen LogP contribution in [0.25, 0.3) is 4.96 Å². The molecule has 0 fully saturated rings. The summed E-state index contributed by atoms with van der Waals surface area (Å²) in [6, 6.07) is 7.94. The molecule has 26 heavy (non-hydrogen) atoms. The molecule has 7 heteroatoms. The van der Waals surface area contributed by atoms with Crippen LogP contribution in [0.15, 0.2) is 35.1 Å². The van der Waals surface area contributed by atoms with Crippen LogP contribution in [0.4, 0.5) is 10.1 Å². The van der Waals surface area contributed by atoms with Gasteiger partial charge in [0.1, 0.15) is 5.82 Å². The quantitative estimate of drug-likeness (QED) is 0.635. The molecule has 3 rings (SSSR count). The van der Waals surface area contributed by atoms with Crippen LogP contribution in [-0.4, -0.2) is 29.6 Å². The van der Waals surface area contributed by atoms with Crippen molar-refractivity contribution in [1.82, 2.24) is 9.38 Å². The SMILES string of the molecule is CCN(Cc1cc(=O)n2c(CCOC)c(C)sc2n1)c1ccc(F)cc1. The smallest absolute Gasteiger partial charge is 0.259 e. The molecule has 3 aromatic rings. The fourth-order valence-corrected chi connectivity index (χ4v) is 4.02. The molecule has 0 aliphatic carbocycles. The molecule has 0 amide bonds. The van der Waals surface area contributed by atoms with E-state index >= 15 is 0 Å². The highest BCUT2D eigenvalue weighted by Crippen LogP contribution is 2.22. The molecule has 1 aromatic carbocycles. The standard InChI is InChI=1S/C19H22FN3O2S/c1-4-22(16-7-5-14(20)6-8-16)12-15-11-18(24)23-17(9-10-25-3)13(2)26-19(23)21-15/h5-8,11H,4,9-10,12H2,1-3H3. The molecule has 0 aliphatic heterocycles. The summed E-state index contributed by atoms with van der Waals surface area (Å²) < 4.78 is 20.0. The van der Waals surface area contributed by atoms with Gasteiger partial charge in [0.25, 0.3) is 5.56 Å². The average Bonchev–Trinajstić information content (AvgIpc) is 2.94. The number of hydrogen-bond donors (Lipinski definition) is 0. The van der Waals surface area contributed by atoms with Crippen LogP contribution in [0.2, 0.25) is 0 Å². The van der Waals surface area contributed by atoms with Crippen molar-refractivity contribution >= 4 is 22.0 Å². The van der Waals surface area contributed by atoms with Crippen molar-refractivity contribution in [2.45, 2.75) is 26.8 Å². The third-order valence-electron chi connectivity index (χ3n) is 4.33. The summed E-state index contributed by atoms with van der Waals surface area (Å²) in [5.41, 5.74) is 2.50. The van der Waals surface area contributed by atoms with E-state index in [1.54, 1.807) is 29.7 Å². The summed E-state index contributed by atoms with van der Waals surface area (Å²) in [6.45, 7) is 5.82. The number of aryl methyl sites for hydroxylation is 1. The zero-order valence-electron chi connectivity index (χ0n) is 15.2. The fraction of sp³-hybridized carbons (Fsp3) is 0.368. The van der Waals surface area contributed by atoms with Gasteiger partial charge < -0.3 is 9.64 Å². The van der Waals surface area contributed by atoms with Gasteiger partial charge in [-0.25, -0.2) is 9.37 Å². The molecule has 0 bridgehead atoms. The minimum absolute atomic E-state index is 0.0735. The number of rotatable bonds is 7. The molecule has 0 saturated heterocycles. The summed E-state index contributed by atoms with van der Waals surface area (Å²) in [4.78, 5) is 21.2. The molecule has 138 valence electrons. The van der Waals surface area contributed by atoms with Crippen LogP contribution in [0, 0.1) is 12.7 Å². The average molecular weight is 375 g/mol. The van der Waals surface area contributed by atoms with Crippen molar-refractivity contribution < 1.29 is 9.13 Å². The lowest BCUT2D eigenvalue weighted by atomic mass is 10.2. The van der Waals surface area contributed by atoms with Crippen LogP contribution >= 0.6 is 11.3 Å². The first-order chi connectivity index (χ1) is 12.5. The Morgan fingerprint density at radius 3 is 2.69 bits per heavy atom. The van der Waals surface area contributed by atoms with E-state index in [0.29, 0.717) is 30.2 Å². The Balaban J connectivity index is 1.93. The Morgan fingerprint density at radius 1 is 1.31 bits per heavy atom. The Labute approximate surface area is 155 Å². The minimum Gasteiger partial charge on any atom is -0.384 e. The van der Waals surface area contributed by atoms with E-state index in [1.807, 2.05) is 13.8 Å². The number of aromatic nitrogens is 2. The Bertz CT molecular complexity index is 950. The number of halogens is 1. The number of hydrogen-bond acceptors (Lipinski definition) is 5. The highest BCUT2D eigenvalue weighted by Gasteiger charge is 2.14. The number of nitrogens with zero attached hydrogens (tertiary/aromatic N) is 3. The van der Waals surface area contributed by atoms with Crippen LogP contribution in [0.3, 0.4) is 0 Å².